The van der Waals surface area contributed by atoms with Crippen molar-refractivity contribution in [1.82, 2.24) is 24.6 Å². The van der Waals surface area contributed by atoms with E-state index in [9.17, 15) is 4.79 Å². The highest BCUT2D eigenvalue weighted by Crippen LogP contribution is 2.27. The second-order valence-corrected chi connectivity index (χ2v) is 6.99. The van der Waals surface area contributed by atoms with Gasteiger partial charge in [-0.3, -0.25) is 9.89 Å². The van der Waals surface area contributed by atoms with Gasteiger partial charge in [-0.05, 0) is 51.0 Å². The molecule has 3 heterocycles. The summed E-state index contributed by atoms with van der Waals surface area (Å²) in [5.74, 6) is 1.34. The Morgan fingerprint density at radius 2 is 2.12 bits per heavy atom. The summed E-state index contributed by atoms with van der Waals surface area (Å²) in [5, 5.41) is 7.39. The second-order valence-electron chi connectivity index (χ2n) is 6.99. The topological polar surface area (TPSA) is 66.8 Å². The van der Waals surface area contributed by atoms with E-state index < -0.39 is 0 Å². The van der Waals surface area contributed by atoms with Gasteiger partial charge >= 0.3 is 0 Å². The van der Waals surface area contributed by atoms with Gasteiger partial charge < -0.3 is 9.47 Å². The molecule has 0 saturated carbocycles. The van der Waals surface area contributed by atoms with Crippen molar-refractivity contribution < 1.29 is 4.79 Å². The van der Waals surface area contributed by atoms with Crippen molar-refractivity contribution in [3.8, 4) is 0 Å². The van der Waals surface area contributed by atoms with E-state index in [-0.39, 0.29) is 5.91 Å². The molecule has 1 aromatic carbocycles. The molecule has 0 bridgehead atoms. The number of likely N-dealkylation sites (tertiary alicyclic amines) is 1. The Hall–Kier alpha value is -2.63. The predicted molar refractivity (Wildman–Crippen MR) is 96.7 cm³/mol. The number of imidazole rings is 1. The fourth-order valence-corrected chi connectivity index (χ4v) is 3.69. The van der Waals surface area contributed by atoms with Gasteiger partial charge in [-0.1, -0.05) is 0 Å². The minimum atomic E-state index is 0.0853. The Morgan fingerprint density at radius 3 is 2.88 bits per heavy atom. The zero-order valence-electron chi connectivity index (χ0n) is 14.9. The van der Waals surface area contributed by atoms with Gasteiger partial charge in [0.05, 0.1) is 16.7 Å². The van der Waals surface area contributed by atoms with Gasteiger partial charge in [0.25, 0.3) is 5.91 Å². The molecule has 0 aliphatic carbocycles. The summed E-state index contributed by atoms with van der Waals surface area (Å²) in [4.78, 5) is 19.5. The van der Waals surface area contributed by atoms with Crippen LogP contribution in [0.25, 0.3) is 11.0 Å². The molecule has 130 valence electrons. The number of nitrogens with zero attached hydrogens (tertiary/aromatic N) is 4. The minimum absolute atomic E-state index is 0.0853. The number of aromatic nitrogens is 4. The van der Waals surface area contributed by atoms with Crippen LogP contribution < -0.4 is 0 Å². The van der Waals surface area contributed by atoms with E-state index in [0.29, 0.717) is 11.5 Å². The zero-order valence-corrected chi connectivity index (χ0v) is 14.9. The maximum absolute atomic E-state index is 13.0. The number of carbonyl (C=O) groups excluding carboxylic acids is 1. The highest BCUT2D eigenvalue weighted by Gasteiger charge is 2.27. The van der Waals surface area contributed by atoms with Crippen molar-refractivity contribution in [2.45, 2.75) is 32.6 Å². The zero-order chi connectivity index (χ0) is 17.6. The van der Waals surface area contributed by atoms with Crippen LogP contribution in [-0.2, 0) is 7.05 Å². The number of hydrogen-bond acceptors (Lipinski definition) is 3. The van der Waals surface area contributed by atoms with Crippen LogP contribution in [0.4, 0.5) is 0 Å². The summed E-state index contributed by atoms with van der Waals surface area (Å²) in [7, 11) is 1.99. The lowest BCUT2D eigenvalue weighted by Crippen LogP contribution is -2.39. The molecular weight excluding hydrogens is 314 g/mol. The number of aryl methyl sites for hydroxylation is 3. The molecule has 0 radical (unpaired) electrons. The van der Waals surface area contributed by atoms with Gasteiger partial charge in [0.2, 0.25) is 0 Å². The molecule has 1 aliphatic heterocycles. The van der Waals surface area contributed by atoms with Crippen LogP contribution in [0.15, 0.2) is 24.3 Å². The number of benzene rings is 1. The molecule has 0 spiro atoms. The van der Waals surface area contributed by atoms with Crippen LogP contribution in [0.5, 0.6) is 0 Å². The first-order chi connectivity index (χ1) is 12.0. The normalized spacial score (nSPS) is 18.0. The van der Waals surface area contributed by atoms with E-state index in [1.165, 1.54) is 0 Å². The number of aromatic amines is 1. The van der Waals surface area contributed by atoms with Crippen molar-refractivity contribution in [2.24, 2.45) is 7.05 Å². The molecule has 1 atom stereocenters. The van der Waals surface area contributed by atoms with Crippen LogP contribution in [0, 0.1) is 13.8 Å². The highest BCUT2D eigenvalue weighted by molar-refractivity contribution is 5.97. The molecule has 1 N–H and O–H groups in total. The number of rotatable bonds is 2. The Labute approximate surface area is 146 Å². The summed E-state index contributed by atoms with van der Waals surface area (Å²) >= 11 is 0. The molecule has 3 aromatic rings. The first-order valence-corrected chi connectivity index (χ1v) is 8.77. The molecule has 4 rings (SSSR count). The van der Waals surface area contributed by atoms with Crippen molar-refractivity contribution in [3.63, 3.8) is 0 Å². The van der Waals surface area contributed by atoms with E-state index in [0.717, 1.165) is 54.2 Å². The molecule has 25 heavy (non-hydrogen) atoms. The van der Waals surface area contributed by atoms with Gasteiger partial charge in [0, 0.05) is 37.3 Å². The summed E-state index contributed by atoms with van der Waals surface area (Å²) < 4.78 is 2.04. The average molecular weight is 337 g/mol. The smallest absolute Gasteiger partial charge is 0.253 e. The molecule has 2 aromatic heterocycles. The second kappa shape index (κ2) is 6.02. The van der Waals surface area contributed by atoms with Crippen LogP contribution in [-0.4, -0.2) is 43.6 Å². The molecule has 6 heteroatoms. The highest BCUT2D eigenvalue weighted by atomic mass is 16.2. The number of carbonyl (C=O) groups is 1. The Kier molecular flexibility index (Phi) is 3.82. The predicted octanol–water partition coefficient (Wildman–Crippen LogP) is 2.93. The monoisotopic (exact) mass is 337 g/mol. The number of piperidine rings is 1. The third-order valence-electron chi connectivity index (χ3n) is 5.20. The largest absolute Gasteiger partial charge is 0.338 e. The minimum Gasteiger partial charge on any atom is -0.338 e. The number of nitrogens with one attached hydrogen (secondary N) is 1. The molecule has 1 fully saturated rings. The van der Waals surface area contributed by atoms with Crippen molar-refractivity contribution in [3.05, 3.63) is 47.0 Å². The maximum Gasteiger partial charge on any atom is 0.253 e. The van der Waals surface area contributed by atoms with Gasteiger partial charge in [0.1, 0.15) is 5.82 Å². The third-order valence-corrected chi connectivity index (χ3v) is 5.20. The van der Waals surface area contributed by atoms with Crippen molar-refractivity contribution >= 4 is 16.9 Å². The van der Waals surface area contributed by atoms with E-state index in [2.05, 4.69) is 21.2 Å². The number of H-pyrrole nitrogens is 1. The number of amides is 1. The first kappa shape index (κ1) is 15.9. The van der Waals surface area contributed by atoms with E-state index in [1.807, 2.05) is 48.6 Å². The lowest BCUT2D eigenvalue weighted by molar-refractivity contribution is 0.0706. The lowest BCUT2D eigenvalue weighted by atomic mass is 9.94. The fraction of sp³-hybridized carbons (Fsp3) is 0.421. The molecule has 6 nitrogen and oxygen atoms in total. The fourth-order valence-electron chi connectivity index (χ4n) is 3.69. The summed E-state index contributed by atoms with van der Waals surface area (Å²) in [6.07, 6.45) is 2.08. The van der Waals surface area contributed by atoms with Crippen LogP contribution >= 0.6 is 0 Å². The number of fused-ring (bicyclic) bond motifs is 1. The Balaban J connectivity index is 1.57. The van der Waals surface area contributed by atoms with Crippen LogP contribution in [0.3, 0.4) is 0 Å². The van der Waals surface area contributed by atoms with Gasteiger partial charge in [-0.2, -0.15) is 5.10 Å². The van der Waals surface area contributed by atoms with Crippen molar-refractivity contribution in [2.75, 3.05) is 13.1 Å². The van der Waals surface area contributed by atoms with Gasteiger partial charge in [0.15, 0.2) is 0 Å². The molecule has 0 unspecified atom stereocenters. The SMILES string of the molecule is Cc1cc([C@@H]2CCCN(C(=O)c3ccc4c(c3)nc(C)n4C)C2)n[nH]1. The first-order valence-electron chi connectivity index (χ1n) is 8.77. The van der Waals surface area contributed by atoms with E-state index >= 15 is 0 Å². The molecule has 1 amide bonds. The molecule has 1 saturated heterocycles. The summed E-state index contributed by atoms with van der Waals surface area (Å²) in [5.41, 5.74) is 4.77. The number of hydrogen-bond donors (Lipinski definition) is 1. The van der Waals surface area contributed by atoms with Crippen LogP contribution in [0.1, 0.15) is 46.3 Å². The Morgan fingerprint density at radius 1 is 1.28 bits per heavy atom. The van der Waals surface area contributed by atoms with Gasteiger partial charge in [-0.25, -0.2) is 4.98 Å². The molecular formula is C19H23N5O. The summed E-state index contributed by atoms with van der Waals surface area (Å²) in [6, 6.07) is 7.89. The lowest BCUT2D eigenvalue weighted by Gasteiger charge is -2.32. The third kappa shape index (κ3) is 2.81. The van der Waals surface area contributed by atoms with E-state index in [1.54, 1.807) is 0 Å². The average Bonchev–Trinajstić information content (AvgIpc) is 3.18. The van der Waals surface area contributed by atoms with Gasteiger partial charge in [-0.15, -0.1) is 0 Å². The molecule has 1 aliphatic rings. The standard InChI is InChI=1S/C19H23N5O/c1-12-9-16(22-21-12)15-5-4-8-24(11-15)19(25)14-6-7-18-17(10-14)20-13(2)23(18)3/h6-7,9-10,15H,4-5,8,11H2,1-3H3,(H,21,22)/t15-/m1/s1. The van der Waals surface area contributed by atoms with Crippen molar-refractivity contribution in [1.29, 1.82) is 0 Å². The quantitative estimate of drug-likeness (QED) is 0.782. The maximum atomic E-state index is 13.0. The van der Waals surface area contributed by atoms with E-state index in [4.69, 9.17) is 0 Å². The van der Waals surface area contributed by atoms with Crippen LogP contribution in [0.2, 0.25) is 0 Å². The summed E-state index contributed by atoms with van der Waals surface area (Å²) in [6.45, 7) is 5.51. The Bertz CT molecular complexity index is 939.